The summed E-state index contributed by atoms with van der Waals surface area (Å²) < 4.78 is 9.88. The van der Waals surface area contributed by atoms with Crippen molar-refractivity contribution in [2.45, 2.75) is 103 Å². The van der Waals surface area contributed by atoms with Gasteiger partial charge in [-0.1, -0.05) is 51.5 Å². The molecule has 11 heteroatoms. The zero-order valence-corrected chi connectivity index (χ0v) is 25.1. The quantitative estimate of drug-likeness (QED) is 0.180. The van der Waals surface area contributed by atoms with E-state index < -0.39 is 36.0 Å². The van der Waals surface area contributed by atoms with Crippen LogP contribution in [0.4, 0.5) is 0 Å². The number of hydrogen-bond donors (Lipinski definition) is 3. The number of esters is 2. The molecule has 1 aliphatic rings. The van der Waals surface area contributed by atoms with E-state index in [9.17, 15) is 24.3 Å². The summed E-state index contributed by atoms with van der Waals surface area (Å²) in [5.74, 6) is -1.15. The Labute approximate surface area is 241 Å². The van der Waals surface area contributed by atoms with Gasteiger partial charge in [-0.15, -0.1) is 11.3 Å². The molecule has 0 bridgehead atoms. The molecule has 1 saturated carbocycles. The fourth-order valence-corrected chi connectivity index (χ4v) is 5.70. The van der Waals surface area contributed by atoms with Gasteiger partial charge in [0.1, 0.15) is 23.0 Å². The highest BCUT2D eigenvalue weighted by Crippen LogP contribution is 2.31. The number of unbranched alkanes of at least 4 members (excludes halogenated alkanes) is 1. The Morgan fingerprint density at radius 1 is 1.12 bits per heavy atom. The maximum atomic E-state index is 12.7. The van der Waals surface area contributed by atoms with Crippen LogP contribution in [-0.2, 0) is 30.3 Å². The second-order valence-electron chi connectivity index (χ2n) is 11.4. The highest BCUT2D eigenvalue weighted by Gasteiger charge is 2.25. The van der Waals surface area contributed by atoms with Crippen LogP contribution in [0.2, 0.25) is 0 Å². The van der Waals surface area contributed by atoms with Crippen LogP contribution in [0.5, 0.6) is 0 Å². The van der Waals surface area contributed by atoms with E-state index in [1.807, 2.05) is 20.8 Å². The molecule has 1 aromatic heterocycles. The van der Waals surface area contributed by atoms with Crippen molar-refractivity contribution in [2.75, 3.05) is 13.7 Å². The Morgan fingerprint density at radius 2 is 1.80 bits per heavy atom. The number of hydrogen-bond acceptors (Lipinski definition) is 9. The van der Waals surface area contributed by atoms with Gasteiger partial charge >= 0.3 is 11.9 Å². The lowest BCUT2D eigenvalue weighted by atomic mass is 9.82. The average molecular weight is 580 g/mol. The molecule has 2 amide bonds. The Morgan fingerprint density at radius 3 is 2.45 bits per heavy atom. The molecule has 1 heterocycles. The number of thiazole rings is 1. The van der Waals surface area contributed by atoms with Crippen LogP contribution >= 0.6 is 11.3 Å². The number of aromatic nitrogens is 1. The van der Waals surface area contributed by atoms with Gasteiger partial charge in [-0.3, -0.25) is 14.4 Å². The third-order valence-electron chi connectivity index (χ3n) is 6.88. The molecule has 1 aromatic rings. The minimum atomic E-state index is -1.27. The molecule has 0 radical (unpaired) electrons. The molecule has 1 aliphatic carbocycles. The monoisotopic (exact) mass is 579 g/mol. The van der Waals surface area contributed by atoms with E-state index in [1.165, 1.54) is 30.6 Å². The predicted octanol–water partition coefficient (Wildman–Crippen LogP) is 4.07. The summed E-state index contributed by atoms with van der Waals surface area (Å²) >= 11 is 1.41. The lowest BCUT2D eigenvalue weighted by molar-refractivity contribution is -0.155. The zero-order chi connectivity index (χ0) is 29.7. The Kier molecular flexibility index (Phi) is 13.8. The third-order valence-corrected chi connectivity index (χ3v) is 7.75. The first-order valence-electron chi connectivity index (χ1n) is 14.1. The van der Waals surface area contributed by atoms with Crippen molar-refractivity contribution in [3.05, 3.63) is 28.4 Å². The molecule has 40 heavy (non-hydrogen) atoms. The standard InChI is InChI=1S/C29H45N3O7S/c1-19(28(37)38-5)30-26(35)22(17-33)32-27(36)23-18-40-24(31-23)16-21-12-7-6-10-20(14-15-21)11-8-9-13-25(34)39-29(2,3)4/h18,20-22,33H,1,6-17H2,2-5H3,(H,30,35)(H,32,36)/t20?,21?,22-/m0/s1. The van der Waals surface area contributed by atoms with Gasteiger partial charge in [0.25, 0.3) is 5.91 Å². The molecule has 224 valence electrons. The molecular weight excluding hydrogens is 534 g/mol. The maximum Gasteiger partial charge on any atom is 0.353 e. The van der Waals surface area contributed by atoms with Crippen LogP contribution in [0.1, 0.15) is 100 Å². The Balaban J connectivity index is 1.81. The number of rotatable bonds is 13. The van der Waals surface area contributed by atoms with E-state index in [0.717, 1.165) is 57.1 Å². The largest absolute Gasteiger partial charge is 0.464 e. The van der Waals surface area contributed by atoms with Crippen LogP contribution in [0.3, 0.4) is 0 Å². The highest BCUT2D eigenvalue weighted by atomic mass is 32.1. The SMILES string of the molecule is C=C(NC(=O)[C@H](CO)NC(=O)c1csc(CC2CCCCC(CCCCC(=O)OC(C)(C)C)CC2)n1)C(=O)OC. The molecule has 0 aliphatic heterocycles. The van der Waals surface area contributed by atoms with Crippen LogP contribution in [0, 0.1) is 11.8 Å². The summed E-state index contributed by atoms with van der Waals surface area (Å²) in [7, 11) is 1.15. The summed E-state index contributed by atoms with van der Waals surface area (Å²) in [5.41, 5.74) is -0.542. The molecule has 3 atom stereocenters. The van der Waals surface area contributed by atoms with Gasteiger partial charge in [0.05, 0.1) is 18.7 Å². The van der Waals surface area contributed by atoms with Gasteiger partial charge in [-0.05, 0) is 45.4 Å². The topological polar surface area (TPSA) is 144 Å². The lowest BCUT2D eigenvalue weighted by Gasteiger charge is -2.24. The van der Waals surface area contributed by atoms with Crippen LogP contribution < -0.4 is 10.6 Å². The van der Waals surface area contributed by atoms with Crippen molar-refractivity contribution in [2.24, 2.45) is 11.8 Å². The number of methoxy groups -OCH3 is 1. The van der Waals surface area contributed by atoms with Crippen molar-refractivity contribution in [3.8, 4) is 0 Å². The minimum Gasteiger partial charge on any atom is -0.464 e. The fourth-order valence-electron chi connectivity index (χ4n) is 4.81. The molecular formula is C29H45N3O7S. The third kappa shape index (κ3) is 12.2. The first kappa shape index (κ1) is 33.4. The molecule has 2 rings (SSSR count). The zero-order valence-electron chi connectivity index (χ0n) is 24.3. The van der Waals surface area contributed by atoms with E-state index in [2.05, 4.69) is 26.9 Å². The van der Waals surface area contributed by atoms with E-state index in [-0.39, 0.29) is 17.4 Å². The van der Waals surface area contributed by atoms with Gasteiger partial charge < -0.3 is 25.2 Å². The minimum absolute atomic E-state index is 0.124. The molecule has 10 nitrogen and oxygen atoms in total. The Hall–Kier alpha value is -2.79. The number of carbonyl (C=O) groups is 4. The maximum absolute atomic E-state index is 12.7. The van der Waals surface area contributed by atoms with Crippen molar-refractivity contribution >= 4 is 35.1 Å². The van der Waals surface area contributed by atoms with E-state index in [4.69, 9.17) is 4.74 Å². The van der Waals surface area contributed by atoms with Gasteiger partial charge in [-0.2, -0.15) is 0 Å². The number of aliphatic hydroxyl groups excluding tert-OH is 1. The summed E-state index contributed by atoms with van der Waals surface area (Å²) in [6.07, 6.45) is 11.3. The van der Waals surface area contributed by atoms with Crippen molar-refractivity contribution < 1.29 is 33.8 Å². The van der Waals surface area contributed by atoms with Gasteiger partial charge in [0.15, 0.2) is 0 Å². The molecule has 0 spiro atoms. The first-order valence-corrected chi connectivity index (χ1v) is 15.0. The second-order valence-corrected chi connectivity index (χ2v) is 12.4. The normalized spacial score (nSPS) is 18.5. The molecule has 2 unspecified atom stereocenters. The molecule has 3 N–H and O–H groups in total. The van der Waals surface area contributed by atoms with Crippen molar-refractivity contribution in [1.82, 2.24) is 15.6 Å². The molecule has 1 fully saturated rings. The smallest absolute Gasteiger partial charge is 0.353 e. The van der Waals surface area contributed by atoms with E-state index >= 15 is 0 Å². The first-order chi connectivity index (χ1) is 18.9. The summed E-state index contributed by atoms with van der Waals surface area (Å²) in [6.45, 7) is 8.41. The number of nitrogens with zero attached hydrogens (tertiary/aromatic N) is 1. The van der Waals surface area contributed by atoms with Crippen LogP contribution in [-0.4, -0.2) is 59.2 Å². The molecule has 0 saturated heterocycles. The number of amides is 2. The van der Waals surface area contributed by atoms with E-state index in [0.29, 0.717) is 18.3 Å². The fraction of sp³-hybridized carbons (Fsp3) is 0.690. The van der Waals surface area contributed by atoms with E-state index in [1.54, 1.807) is 5.38 Å². The highest BCUT2D eigenvalue weighted by molar-refractivity contribution is 7.09. The number of nitrogens with one attached hydrogen (secondary N) is 2. The summed E-state index contributed by atoms with van der Waals surface area (Å²) in [6, 6.07) is -1.27. The number of ether oxygens (including phenoxy) is 2. The van der Waals surface area contributed by atoms with Gasteiger partial charge in [0, 0.05) is 18.2 Å². The Bertz CT molecular complexity index is 1020. The van der Waals surface area contributed by atoms with Crippen LogP contribution in [0.15, 0.2) is 17.7 Å². The average Bonchev–Trinajstić information content (AvgIpc) is 3.34. The van der Waals surface area contributed by atoms with Crippen LogP contribution in [0.25, 0.3) is 0 Å². The molecule has 0 aromatic carbocycles. The van der Waals surface area contributed by atoms with Crippen molar-refractivity contribution in [3.63, 3.8) is 0 Å². The predicted molar refractivity (Wildman–Crippen MR) is 152 cm³/mol. The van der Waals surface area contributed by atoms with Gasteiger partial charge in [-0.25, -0.2) is 9.78 Å². The summed E-state index contributed by atoms with van der Waals surface area (Å²) in [5, 5.41) is 16.8. The number of aliphatic hydroxyl groups is 1. The number of carbonyl (C=O) groups excluding carboxylic acids is 4. The second kappa shape index (κ2) is 16.5. The van der Waals surface area contributed by atoms with Gasteiger partial charge in [0.2, 0.25) is 5.91 Å². The lowest BCUT2D eigenvalue weighted by Crippen LogP contribution is -2.49. The van der Waals surface area contributed by atoms with Crippen molar-refractivity contribution in [1.29, 1.82) is 0 Å². The summed E-state index contributed by atoms with van der Waals surface area (Å²) in [4.78, 5) is 52.8.